The van der Waals surface area contributed by atoms with E-state index in [9.17, 15) is 4.79 Å². The van der Waals surface area contributed by atoms with Gasteiger partial charge >= 0.3 is 0 Å². The van der Waals surface area contributed by atoms with Gasteiger partial charge in [-0.2, -0.15) is 9.61 Å². The van der Waals surface area contributed by atoms with Gasteiger partial charge in [0.2, 0.25) is 10.9 Å². The van der Waals surface area contributed by atoms with Crippen LogP contribution in [0.2, 0.25) is 0 Å². The van der Waals surface area contributed by atoms with Crippen LogP contribution < -0.4 is 10.1 Å². The van der Waals surface area contributed by atoms with E-state index in [2.05, 4.69) is 20.6 Å². The van der Waals surface area contributed by atoms with E-state index in [-0.39, 0.29) is 5.91 Å². The van der Waals surface area contributed by atoms with Gasteiger partial charge in [-0.05, 0) is 17.7 Å². The predicted molar refractivity (Wildman–Crippen MR) is 77.2 cm³/mol. The third-order valence-corrected chi connectivity index (χ3v) is 3.80. The van der Waals surface area contributed by atoms with Gasteiger partial charge in [-0.25, -0.2) is 0 Å². The largest absolute Gasteiger partial charge is 0.497 e. The van der Waals surface area contributed by atoms with E-state index in [4.69, 9.17) is 4.74 Å². The number of rotatable bonds is 5. The molecule has 0 atom stereocenters. The number of ether oxygens (including phenoxy) is 1. The fourth-order valence-electron chi connectivity index (χ4n) is 1.84. The summed E-state index contributed by atoms with van der Waals surface area (Å²) in [6.07, 6.45) is 1.86. The van der Waals surface area contributed by atoms with Crippen LogP contribution in [-0.4, -0.2) is 32.8 Å². The molecule has 8 heteroatoms. The van der Waals surface area contributed by atoms with Gasteiger partial charge in [-0.15, -0.1) is 10.2 Å². The summed E-state index contributed by atoms with van der Waals surface area (Å²) in [4.78, 5) is 12.6. The molecule has 2 aromatic heterocycles. The van der Waals surface area contributed by atoms with Crippen LogP contribution in [-0.2, 0) is 17.8 Å². The highest BCUT2D eigenvalue weighted by Crippen LogP contribution is 2.13. The second-order valence-electron chi connectivity index (χ2n) is 4.36. The number of aromatic nitrogens is 4. The number of nitrogens with zero attached hydrogens (tertiary/aromatic N) is 4. The van der Waals surface area contributed by atoms with Crippen molar-refractivity contribution in [2.24, 2.45) is 0 Å². The highest BCUT2D eigenvalue weighted by atomic mass is 32.1. The standard InChI is InChI=1S/C13H13N5O2S/c1-20-10-4-2-9(3-5-10)6-11(19)14-7-12-17-18-8-15-16-13(18)21-12/h2-5,8H,6-7H2,1H3,(H,14,19). The normalized spacial score (nSPS) is 10.7. The minimum Gasteiger partial charge on any atom is -0.497 e. The number of carbonyl (C=O) groups excluding carboxylic acids is 1. The first-order chi connectivity index (χ1) is 10.2. The van der Waals surface area contributed by atoms with Gasteiger partial charge in [0.25, 0.3) is 0 Å². The summed E-state index contributed by atoms with van der Waals surface area (Å²) >= 11 is 1.40. The summed E-state index contributed by atoms with van der Waals surface area (Å²) in [5, 5.41) is 15.5. The number of carbonyl (C=O) groups is 1. The van der Waals surface area contributed by atoms with Crippen LogP contribution in [0.1, 0.15) is 10.6 Å². The molecule has 0 saturated heterocycles. The fraction of sp³-hybridized carbons (Fsp3) is 0.231. The lowest BCUT2D eigenvalue weighted by atomic mass is 10.1. The van der Waals surface area contributed by atoms with E-state index in [1.807, 2.05) is 24.3 Å². The summed E-state index contributed by atoms with van der Waals surface area (Å²) in [5.74, 6) is 0.727. The van der Waals surface area contributed by atoms with Gasteiger partial charge in [0.1, 0.15) is 17.1 Å². The lowest BCUT2D eigenvalue weighted by Gasteiger charge is -2.04. The van der Waals surface area contributed by atoms with Crippen LogP contribution in [0.25, 0.3) is 4.96 Å². The number of amides is 1. The second-order valence-corrected chi connectivity index (χ2v) is 5.40. The monoisotopic (exact) mass is 303 g/mol. The van der Waals surface area contributed by atoms with Crippen molar-refractivity contribution in [3.05, 3.63) is 41.2 Å². The van der Waals surface area contributed by atoms with Gasteiger partial charge in [0.05, 0.1) is 20.1 Å². The maximum atomic E-state index is 11.9. The van der Waals surface area contributed by atoms with Crippen LogP contribution in [0.5, 0.6) is 5.75 Å². The molecular formula is C13H13N5O2S. The van der Waals surface area contributed by atoms with Crippen molar-refractivity contribution in [2.75, 3.05) is 7.11 Å². The van der Waals surface area contributed by atoms with Gasteiger partial charge in [0.15, 0.2) is 0 Å². The molecule has 0 aliphatic heterocycles. The number of fused-ring (bicyclic) bond motifs is 1. The molecule has 1 N–H and O–H groups in total. The average molecular weight is 303 g/mol. The molecule has 0 aliphatic carbocycles. The molecule has 0 aliphatic rings. The molecule has 108 valence electrons. The lowest BCUT2D eigenvalue weighted by molar-refractivity contribution is -0.120. The number of hydrogen-bond acceptors (Lipinski definition) is 6. The fourth-order valence-corrected chi connectivity index (χ4v) is 2.59. The van der Waals surface area contributed by atoms with Crippen molar-refractivity contribution in [3.8, 4) is 5.75 Å². The SMILES string of the molecule is COc1ccc(CC(=O)NCc2nn3cnnc3s2)cc1. The van der Waals surface area contributed by atoms with Crippen molar-refractivity contribution in [1.29, 1.82) is 0 Å². The van der Waals surface area contributed by atoms with E-state index in [0.29, 0.717) is 13.0 Å². The molecular weight excluding hydrogens is 290 g/mol. The average Bonchev–Trinajstić information content (AvgIpc) is 3.07. The Kier molecular flexibility index (Phi) is 3.78. The van der Waals surface area contributed by atoms with E-state index in [1.54, 1.807) is 11.6 Å². The zero-order valence-corrected chi connectivity index (χ0v) is 12.1. The first kappa shape index (κ1) is 13.5. The summed E-state index contributed by atoms with van der Waals surface area (Å²) in [6, 6.07) is 7.43. The molecule has 0 spiro atoms. The minimum absolute atomic E-state index is 0.0499. The Hall–Kier alpha value is -2.48. The molecule has 1 amide bonds. The number of hydrogen-bond donors (Lipinski definition) is 1. The third-order valence-electron chi connectivity index (χ3n) is 2.89. The first-order valence-electron chi connectivity index (χ1n) is 6.30. The second kappa shape index (κ2) is 5.88. The zero-order valence-electron chi connectivity index (χ0n) is 11.3. The van der Waals surface area contributed by atoms with Crippen molar-refractivity contribution in [3.63, 3.8) is 0 Å². The summed E-state index contributed by atoms with van der Waals surface area (Å²) in [5.41, 5.74) is 0.937. The Bertz CT molecular complexity index is 721. The van der Waals surface area contributed by atoms with Crippen LogP contribution >= 0.6 is 11.3 Å². The van der Waals surface area contributed by atoms with Crippen LogP contribution in [0.4, 0.5) is 0 Å². The van der Waals surface area contributed by atoms with Gasteiger partial charge in [-0.3, -0.25) is 4.79 Å². The number of nitrogens with one attached hydrogen (secondary N) is 1. The topological polar surface area (TPSA) is 81.4 Å². The lowest BCUT2D eigenvalue weighted by Crippen LogP contribution is -2.24. The van der Waals surface area contributed by atoms with Gasteiger partial charge in [0, 0.05) is 0 Å². The molecule has 3 rings (SSSR count). The first-order valence-corrected chi connectivity index (χ1v) is 7.11. The molecule has 0 bridgehead atoms. The molecule has 1 aromatic carbocycles. The van der Waals surface area contributed by atoms with Crippen LogP contribution in [0.15, 0.2) is 30.6 Å². The predicted octanol–water partition coefficient (Wildman–Crippen LogP) is 1.05. The number of benzene rings is 1. The highest BCUT2D eigenvalue weighted by Gasteiger charge is 2.08. The van der Waals surface area contributed by atoms with E-state index >= 15 is 0 Å². The summed E-state index contributed by atoms with van der Waals surface area (Å²) in [7, 11) is 1.61. The molecule has 7 nitrogen and oxygen atoms in total. The Labute approximate surface area is 124 Å². The molecule has 3 aromatic rings. The molecule has 2 heterocycles. The molecule has 0 unspecified atom stereocenters. The molecule has 0 fully saturated rings. The van der Waals surface area contributed by atoms with E-state index in [1.165, 1.54) is 17.7 Å². The van der Waals surface area contributed by atoms with Crippen molar-refractivity contribution in [2.45, 2.75) is 13.0 Å². The molecule has 21 heavy (non-hydrogen) atoms. The third kappa shape index (κ3) is 3.16. The summed E-state index contributed by atoms with van der Waals surface area (Å²) in [6.45, 7) is 0.392. The summed E-state index contributed by atoms with van der Waals surface area (Å²) < 4.78 is 6.67. The van der Waals surface area contributed by atoms with Crippen molar-refractivity contribution >= 4 is 22.2 Å². The van der Waals surface area contributed by atoms with Gasteiger partial charge in [-0.1, -0.05) is 23.5 Å². The van der Waals surface area contributed by atoms with E-state index < -0.39 is 0 Å². The van der Waals surface area contributed by atoms with Crippen molar-refractivity contribution in [1.82, 2.24) is 25.1 Å². The zero-order chi connectivity index (χ0) is 14.7. The smallest absolute Gasteiger partial charge is 0.234 e. The Balaban J connectivity index is 1.54. The highest BCUT2D eigenvalue weighted by molar-refractivity contribution is 7.16. The molecule has 0 saturated carbocycles. The quantitative estimate of drug-likeness (QED) is 0.762. The Morgan fingerprint density at radius 1 is 1.38 bits per heavy atom. The van der Waals surface area contributed by atoms with Crippen LogP contribution in [0.3, 0.4) is 0 Å². The van der Waals surface area contributed by atoms with Crippen LogP contribution in [0, 0.1) is 0 Å². The van der Waals surface area contributed by atoms with Crippen molar-refractivity contribution < 1.29 is 9.53 Å². The van der Waals surface area contributed by atoms with E-state index in [0.717, 1.165) is 21.3 Å². The maximum Gasteiger partial charge on any atom is 0.234 e. The van der Waals surface area contributed by atoms with Gasteiger partial charge < -0.3 is 10.1 Å². The maximum absolute atomic E-state index is 11.9. The minimum atomic E-state index is -0.0499. The Morgan fingerprint density at radius 2 is 2.19 bits per heavy atom. The Morgan fingerprint density at radius 3 is 2.90 bits per heavy atom. The number of methoxy groups -OCH3 is 1. The molecule has 0 radical (unpaired) electrons.